The molecular weight excluding hydrogens is 254 g/mol. The first kappa shape index (κ1) is 16.3. The number of benzene rings is 1. The maximum absolute atomic E-state index is 5.95. The summed E-state index contributed by atoms with van der Waals surface area (Å²) >= 11 is 0. The lowest BCUT2D eigenvalue weighted by Gasteiger charge is -2.22. The molecule has 1 aromatic rings. The monoisotopic (exact) mass is 279 g/mol. The minimum atomic E-state index is -0.176. The maximum atomic E-state index is 5.95. The van der Waals surface area contributed by atoms with Crippen LogP contribution in [0.2, 0.25) is 0 Å². The van der Waals surface area contributed by atoms with Gasteiger partial charge in [0.25, 0.3) is 0 Å². The van der Waals surface area contributed by atoms with Gasteiger partial charge in [-0.15, -0.1) is 0 Å². The van der Waals surface area contributed by atoms with Gasteiger partial charge in [0.05, 0.1) is 19.8 Å². The Balaban J connectivity index is 2.97. The van der Waals surface area contributed by atoms with Crippen LogP contribution in [0.5, 0.6) is 5.75 Å². The van der Waals surface area contributed by atoms with Crippen LogP contribution < -0.4 is 10.5 Å². The van der Waals surface area contributed by atoms with E-state index in [9.17, 15) is 0 Å². The van der Waals surface area contributed by atoms with Gasteiger partial charge in [-0.25, -0.2) is 0 Å². The lowest BCUT2D eigenvalue weighted by atomic mass is 10.1. The second-order valence-corrected chi connectivity index (χ2v) is 5.01. The fourth-order valence-electron chi connectivity index (χ4n) is 1.79. The molecule has 5 nitrogen and oxygen atoms in total. The van der Waals surface area contributed by atoms with Crippen LogP contribution in [-0.2, 0) is 4.74 Å². The van der Waals surface area contributed by atoms with E-state index in [-0.39, 0.29) is 12.2 Å². The van der Waals surface area contributed by atoms with Crippen LogP contribution in [0, 0.1) is 0 Å². The van der Waals surface area contributed by atoms with Crippen molar-refractivity contribution in [3.8, 4) is 5.75 Å². The molecule has 2 N–H and O–H groups in total. The summed E-state index contributed by atoms with van der Waals surface area (Å²) in [5, 5.41) is 0. The highest BCUT2D eigenvalue weighted by Crippen LogP contribution is 2.28. The Kier molecular flexibility index (Phi) is 6.31. The first-order chi connectivity index (χ1) is 9.45. The van der Waals surface area contributed by atoms with Gasteiger partial charge < -0.3 is 20.1 Å². The first-order valence-corrected chi connectivity index (χ1v) is 6.71. The Morgan fingerprint density at radius 2 is 1.95 bits per heavy atom. The summed E-state index contributed by atoms with van der Waals surface area (Å²) in [5.41, 5.74) is 6.82. The van der Waals surface area contributed by atoms with E-state index in [1.165, 1.54) is 0 Å². The maximum Gasteiger partial charge on any atom is 0.190 e. The third kappa shape index (κ3) is 4.74. The summed E-state index contributed by atoms with van der Waals surface area (Å²) in [6.45, 7) is 4.46. The number of hydrogen-bond acceptors (Lipinski definition) is 3. The molecule has 0 fully saturated rings. The standard InChI is InChI=1S/C15H25N3O2/c1-11(2)20-14(10-17-15(16)18(3)4)12-8-6-7-9-13(12)19-5/h6-9,11,14H,10H2,1-5H3,(H2,16,17)/t14-/m0/s1. The van der Waals surface area contributed by atoms with E-state index in [0.29, 0.717) is 12.5 Å². The number of rotatable bonds is 6. The molecule has 0 spiro atoms. The highest BCUT2D eigenvalue weighted by Gasteiger charge is 2.18. The predicted molar refractivity (Wildman–Crippen MR) is 82.1 cm³/mol. The highest BCUT2D eigenvalue weighted by atomic mass is 16.5. The SMILES string of the molecule is COc1ccccc1[C@H](CN=C(N)N(C)C)OC(C)C. The van der Waals surface area contributed by atoms with Crippen LogP contribution in [0.15, 0.2) is 29.3 Å². The number of para-hydroxylation sites is 1. The molecule has 5 heteroatoms. The molecule has 112 valence electrons. The molecule has 1 aromatic carbocycles. The molecule has 1 atom stereocenters. The van der Waals surface area contributed by atoms with E-state index in [4.69, 9.17) is 15.2 Å². The summed E-state index contributed by atoms with van der Waals surface area (Å²) in [4.78, 5) is 6.14. The van der Waals surface area contributed by atoms with Gasteiger partial charge in [-0.05, 0) is 19.9 Å². The second kappa shape index (κ2) is 7.75. The summed E-state index contributed by atoms with van der Waals surface area (Å²) in [7, 11) is 5.38. The van der Waals surface area contributed by atoms with Gasteiger partial charge in [0.15, 0.2) is 5.96 Å². The van der Waals surface area contributed by atoms with Gasteiger partial charge in [-0.2, -0.15) is 0 Å². The molecule has 0 aliphatic heterocycles. The lowest BCUT2D eigenvalue weighted by Crippen LogP contribution is -2.31. The van der Waals surface area contributed by atoms with Gasteiger partial charge in [-0.3, -0.25) is 4.99 Å². The van der Waals surface area contributed by atoms with E-state index in [1.807, 2.05) is 52.2 Å². The first-order valence-electron chi connectivity index (χ1n) is 6.71. The van der Waals surface area contributed by atoms with Crippen LogP contribution in [0.4, 0.5) is 0 Å². The molecule has 0 heterocycles. The van der Waals surface area contributed by atoms with Crippen molar-refractivity contribution in [1.82, 2.24) is 4.90 Å². The van der Waals surface area contributed by atoms with Crippen molar-refractivity contribution in [2.45, 2.75) is 26.1 Å². The minimum absolute atomic E-state index is 0.0979. The Hall–Kier alpha value is -1.75. The van der Waals surface area contributed by atoms with Crippen molar-refractivity contribution in [3.63, 3.8) is 0 Å². The molecule has 0 saturated carbocycles. The van der Waals surface area contributed by atoms with Crippen LogP contribution in [0.25, 0.3) is 0 Å². The van der Waals surface area contributed by atoms with Gasteiger partial charge in [0.1, 0.15) is 11.9 Å². The largest absolute Gasteiger partial charge is 0.496 e. The number of methoxy groups -OCH3 is 1. The number of guanidine groups is 1. The Morgan fingerprint density at radius 1 is 1.30 bits per heavy atom. The van der Waals surface area contributed by atoms with Crippen molar-refractivity contribution in [2.24, 2.45) is 10.7 Å². The normalized spacial score (nSPS) is 13.4. The smallest absolute Gasteiger partial charge is 0.190 e. The van der Waals surface area contributed by atoms with Crippen molar-refractivity contribution >= 4 is 5.96 Å². The second-order valence-electron chi connectivity index (χ2n) is 5.01. The van der Waals surface area contributed by atoms with E-state index in [1.54, 1.807) is 12.0 Å². The fourth-order valence-corrected chi connectivity index (χ4v) is 1.79. The van der Waals surface area contributed by atoms with Crippen molar-refractivity contribution < 1.29 is 9.47 Å². The van der Waals surface area contributed by atoms with E-state index in [0.717, 1.165) is 11.3 Å². The minimum Gasteiger partial charge on any atom is -0.496 e. The van der Waals surface area contributed by atoms with Crippen molar-refractivity contribution in [3.05, 3.63) is 29.8 Å². The van der Waals surface area contributed by atoms with Crippen molar-refractivity contribution in [1.29, 1.82) is 0 Å². The zero-order chi connectivity index (χ0) is 15.1. The van der Waals surface area contributed by atoms with E-state index >= 15 is 0 Å². The quantitative estimate of drug-likeness (QED) is 0.639. The molecule has 1 rings (SSSR count). The Morgan fingerprint density at radius 3 is 2.50 bits per heavy atom. The van der Waals surface area contributed by atoms with Crippen LogP contribution in [0.3, 0.4) is 0 Å². The molecule has 0 bridgehead atoms. The average Bonchev–Trinajstić information content (AvgIpc) is 2.42. The molecule has 0 radical (unpaired) electrons. The third-order valence-corrected chi connectivity index (χ3v) is 2.80. The number of aliphatic imine (C=N–C) groups is 1. The topological polar surface area (TPSA) is 60.1 Å². The van der Waals surface area contributed by atoms with E-state index < -0.39 is 0 Å². The van der Waals surface area contributed by atoms with Gasteiger partial charge in [0.2, 0.25) is 0 Å². The summed E-state index contributed by atoms with van der Waals surface area (Å²) < 4.78 is 11.3. The summed E-state index contributed by atoms with van der Waals surface area (Å²) in [6, 6.07) is 7.82. The summed E-state index contributed by atoms with van der Waals surface area (Å²) in [5.74, 6) is 1.29. The van der Waals surface area contributed by atoms with Gasteiger partial charge >= 0.3 is 0 Å². The molecule has 0 aliphatic carbocycles. The molecule has 0 aromatic heterocycles. The number of nitrogens with zero attached hydrogens (tertiary/aromatic N) is 2. The predicted octanol–water partition coefficient (Wildman–Crippen LogP) is 2.04. The van der Waals surface area contributed by atoms with E-state index in [2.05, 4.69) is 4.99 Å². The van der Waals surface area contributed by atoms with Gasteiger partial charge in [0, 0.05) is 19.7 Å². The molecule has 0 amide bonds. The number of hydrogen-bond donors (Lipinski definition) is 1. The average molecular weight is 279 g/mol. The third-order valence-electron chi connectivity index (χ3n) is 2.80. The van der Waals surface area contributed by atoms with Crippen LogP contribution >= 0.6 is 0 Å². The number of ether oxygens (including phenoxy) is 2. The zero-order valence-electron chi connectivity index (χ0n) is 13.0. The van der Waals surface area contributed by atoms with Crippen LogP contribution in [-0.4, -0.2) is 44.7 Å². The van der Waals surface area contributed by atoms with Crippen LogP contribution in [0.1, 0.15) is 25.5 Å². The lowest BCUT2D eigenvalue weighted by molar-refractivity contribution is 0.0109. The molecule has 0 unspecified atom stereocenters. The molecule has 0 aliphatic rings. The number of nitrogens with two attached hydrogens (primary N) is 1. The molecular formula is C15H25N3O2. The summed E-state index contributed by atoms with van der Waals surface area (Å²) in [6.07, 6.45) is -0.0784. The Bertz CT molecular complexity index is 444. The fraction of sp³-hybridized carbons (Fsp3) is 0.533. The Labute approximate surface area is 121 Å². The highest BCUT2D eigenvalue weighted by molar-refractivity contribution is 5.77. The molecule has 20 heavy (non-hydrogen) atoms. The van der Waals surface area contributed by atoms with Gasteiger partial charge in [-0.1, -0.05) is 18.2 Å². The van der Waals surface area contributed by atoms with Crippen molar-refractivity contribution in [2.75, 3.05) is 27.7 Å². The zero-order valence-corrected chi connectivity index (χ0v) is 13.0. The molecule has 0 saturated heterocycles.